The number of halogens is 3. The van der Waals surface area contributed by atoms with E-state index in [0.717, 1.165) is 4.68 Å². The monoisotopic (exact) mass is 378 g/mol. The topological polar surface area (TPSA) is 82.1 Å². The lowest BCUT2D eigenvalue weighted by Crippen LogP contribution is -2.37. The fraction of sp³-hybridized carbons (Fsp3) is 0.353. The first kappa shape index (κ1) is 17.5. The maximum Gasteiger partial charge on any atom is 0.408 e. The van der Waals surface area contributed by atoms with Gasteiger partial charge in [-0.1, -0.05) is 0 Å². The van der Waals surface area contributed by atoms with E-state index in [1.54, 1.807) is 24.3 Å². The Labute approximate surface area is 152 Å². The Hall–Kier alpha value is -2.88. The van der Waals surface area contributed by atoms with E-state index in [0.29, 0.717) is 54.6 Å². The molecule has 3 heterocycles. The van der Waals surface area contributed by atoms with E-state index in [1.807, 2.05) is 4.90 Å². The van der Waals surface area contributed by atoms with Gasteiger partial charge >= 0.3 is 6.18 Å². The molecular formula is C17H17F3N6O. The number of alkyl halides is 3. The molecule has 1 aliphatic rings. The second-order valence-electron chi connectivity index (χ2n) is 6.25. The van der Waals surface area contributed by atoms with E-state index in [9.17, 15) is 13.2 Å². The van der Waals surface area contributed by atoms with Crippen LogP contribution < -0.4 is 10.6 Å². The summed E-state index contributed by atoms with van der Waals surface area (Å²) in [4.78, 5) is 11.0. The Kier molecular flexibility index (Phi) is 4.34. The number of nitrogens with zero attached hydrogens (tertiary/aromatic N) is 5. The number of nitrogens with two attached hydrogens (primary N) is 1. The van der Waals surface area contributed by atoms with Crippen molar-refractivity contribution in [3.63, 3.8) is 0 Å². The van der Waals surface area contributed by atoms with Gasteiger partial charge in [0.05, 0.1) is 24.8 Å². The zero-order valence-corrected chi connectivity index (χ0v) is 14.3. The van der Waals surface area contributed by atoms with Crippen molar-refractivity contribution in [3.05, 3.63) is 30.5 Å². The Morgan fingerprint density at radius 1 is 1.07 bits per heavy atom. The van der Waals surface area contributed by atoms with Crippen LogP contribution in [0, 0.1) is 0 Å². The number of anilines is 2. The summed E-state index contributed by atoms with van der Waals surface area (Å²) >= 11 is 0. The Bertz CT molecular complexity index is 948. The lowest BCUT2D eigenvalue weighted by atomic mass is 10.2. The van der Waals surface area contributed by atoms with Gasteiger partial charge in [0, 0.05) is 24.3 Å². The minimum absolute atomic E-state index is 0.149. The van der Waals surface area contributed by atoms with Crippen LogP contribution in [0.25, 0.3) is 22.4 Å². The van der Waals surface area contributed by atoms with E-state index in [-0.39, 0.29) is 5.65 Å². The number of hydrogen-bond acceptors (Lipinski definition) is 6. The number of rotatable bonds is 3. The first-order chi connectivity index (χ1) is 12.9. The van der Waals surface area contributed by atoms with Gasteiger partial charge in [-0.25, -0.2) is 14.6 Å². The molecule has 1 fully saturated rings. The summed E-state index contributed by atoms with van der Waals surface area (Å²) < 4.78 is 45.0. The highest BCUT2D eigenvalue weighted by Gasteiger charge is 2.30. The lowest BCUT2D eigenvalue weighted by molar-refractivity contribution is -0.141. The van der Waals surface area contributed by atoms with Crippen molar-refractivity contribution in [1.82, 2.24) is 19.7 Å². The molecule has 2 N–H and O–H groups in total. The molecule has 0 amide bonds. The molecule has 0 saturated carbocycles. The van der Waals surface area contributed by atoms with Crippen LogP contribution in [0.1, 0.15) is 0 Å². The summed E-state index contributed by atoms with van der Waals surface area (Å²) in [5, 5.41) is 4.39. The number of nitrogen functional groups attached to an aromatic ring is 1. The van der Waals surface area contributed by atoms with Gasteiger partial charge < -0.3 is 15.4 Å². The van der Waals surface area contributed by atoms with E-state index >= 15 is 0 Å². The molecule has 10 heteroatoms. The van der Waals surface area contributed by atoms with Crippen molar-refractivity contribution < 1.29 is 17.9 Å². The lowest BCUT2D eigenvalue weighted by Gasteiger charge is -2.28. The minimum Gasteiger partial charge on any atom is -0.399 e. The van der Waals surface area contributed by atoms with Crippen molar-refractivity contribution >= 4 is 22.5 Å². The third kappa shape index (κ3) is 3.65. The smallest absolute Gasteiger partial charge is 0.399 e. The second-order valence-corrected chi connectivity index (χ2v) is 6.25. The van der Waals surface area contributed by atoms with Gasteiger partial charge in [-0.2, -0.15) is 18.3 Å². The van der Waals surface area contributed by atoms with Gasteiger partial charge in [-0.15, -0.1) is 0 Å². The predicted octanol–water partition coefficient (Wildman–Crippen LogP) is 2.47. The summed E-state index contributed by atoms with van der Waals surface area (Å²) in [7, 11) is 0. The highest BCUT2D eigenvalue weighted by atomic mass is 19.4. The van der Waals surface area contributed by atoms with Gasteiger partial charge in [-0.3, -0.25) is 0 Å². The molecule has 1 aromatic carbocycles. The van der Waals surface area contributed by atoms with Crippen LogP contribution in [-0.4, -0.2) is 52.2 Å². The Morgan fingerprint density at radius 3 is 2.44 bits per heavy atom. The molecule has 0 unspecified atom stereocenters. The summed E-state index contributed by atoms with van der Waals surface area (Å²) in [6.07, 6.45) is -3.01. The first-order valence-corrected chi connectivity index (χ1v) is 8.40. The summed E-state index contributed by atoms with van der Waals surface area (Å²) in [6, 6.07) is 6.88. The standard InChI is InChI=1S/C17H17F3N6O/c18-17(19,20)10-26-16-13(9-22-26)15(25-5-7-27-8-6-25)23-14(24-16)11-1-3-12(21)4-2-11/h1-4,9H,5-8,10,21H2. The van der Waals surface area contributed by atoms with Crippen molar-refractivity contribution in [2.75, 3.05) is 36.9 Å². The molecule has 0 aliphatic carbocycles. The maximum absolute atomic E-state index is 12.9. The van der Waals surface area contributed by atoms with Gasteiger partial charge in [0.25, 0.3) is 0 Å². The second kappa shape index (κ2) is 6.69. The zero-order chi connectivity index (χ0) is 19.0. The number of hydrogen-bond donors (Lipinski definition) is 1. The third-order valence-corrected chi connectivity index (χ3v) is 4.28. The Balaban J connectivity index is 1.87. The average molecular weight is 378 g/mol. The highest BCUT2D eigenvalue weighted by Crippen LogP contribution is 2.29. The number of ether oxygens (including phenoxy) is 1. The molecule has 142 valence electrons. The van der Waals surface area contributed by atoms with E-state index in [1.165, 1.54) is 6.20 Å². The molecule has 27 heavy (non-hydrogen) atoms. The van der Waals surface area contributed by atoms with Crippen LogP contribution in [-0.2, 0) is 11.3 Å². The predicted molar refractivity (Wildman–Crippen MR) is 94.3 cm³/mol. The van der Waals surface area contributed by atoms with Crippen molar-refractivity contribution in [2.45, 2.75) is 12.7 Å². The molecule has 0 spiro atoms. The van der Waals surface area contributed by atoms with E-state index in [4.69, 9.17) is 10.5 Å². The van der Waals surface area contributed by atoms with Crippen LogP contribution in [0.3, 0.4) is 0 Å². The molecule has 1 saturated heterocycles. The third-order valence-electron chi connectivity index (χ3n) is 4.28. The first-order valence-electron chi connectivity index (χ1n) is 8.40. The van der Waals surface area contributed by atoms with Gasteiger partial charge in [0.15, 0.2) is 11.5 Å². The average Bonchev–Trinajstić information content (AvgIpc) is 3.03. The van der Waals surface area contributed by atoms with Crippen LogP contribution in [0.15, 0.2) is 30.5 Å². The summed E-state index contributed by atoms with van der Waals surface area (Å²) in [5.74, 6) is 0.886. The summed E-state index contributed by atoms with van der Waals surface area (Å²) in [6.45, 7) is 1.03. The number of benzene rings is 1. The van der Waals surface area contributed by atoms with Crippen LogP contribution in [0.4, 0.5) is 24.7 Å². The van der Waals surface area contributed by atoms with Crippen molar-refractivity contribution in [3.8, 4) is 11.4 Å². The molecule has 0 radical (unpaired) electrons. The maximum atomic E-state index is 12.9. The summed E-state index contributed by atoms with van der Waals surface area (Å²) in [5.41, 5.74) is 7.11. The van der Waals surface area contributed by atoms with Crippen LogP contribution >= 0.6 is 0 Å². The van der Waals surface area contributed by atoms with Crippen molar-refractivity contribution in [2.24, 2.45) is 0 Å². The molecule has 0 atom stereocenters. The molecule has 2 aromatic heterocycles. The van der Waals surface area contributed by atoms with Crippen LogP contribution in [0.2, 0.25) is 0 Å². The molecule has 1 aliphatic heterocycles. The number of morpholine rings is 1. The van der Waals surface area contributed by atoms with Crippen LogP contribution in [0.5, 0.6) is 0 Å². The molecule has 4 rings (SSSR count). The van der Waals surface area contributed by atoms with E-state index < -0.39 is 12.7 Å². The zero-order valence-electron chi connectivity index (χ0n) is 14.3. The molecule has 7 nitrogen and oxygen atoms in total. The molecule has 0 bridgehead atoms. The normalized spacial score (nSPS) is 15.4. The molecule has 3 aromatic rings. The van der Waals surface area contributed by atoms with Gasteiger partial charge in [-0.05, 0) is 24.3 Å². The fourth-order valence-corrected chi connectivity index (χ4v) is 3.00. The Morgan fingerprint density at radius 2 is 1.78 bits per heavy atom. The molecular weight excluding hydrogens is 361 g/mol. The minimum atomic E-state index is -4.40. The largest absolute Gasteiger partial charge is 0.408 e. The SMILES string of the molecule is Nc1ccc(-c2nc(N3CCOCC3)c3cnn(CC(F)(F)F)c3n2)cc1. The quantitative estimate of drug-likeness (QED) is 0.705. The van der Waals surface area contributed by atoms with Gasteiger partial charge in [0.1, 0.15) is 12.4 Å². The number of fused-ring (bicyclic) bond motifs is 1. The van der Waals surface area contributed by atoms with Crippen molar-refractivity contribution in [1.29, 1.82) is 0 Å². The number of aromatic nitrogens is 4. The van der Waals surface area contributed by atoms with Gasteiger partial charge in [0.2, 0.25) is 0 Å². The van der Waals surface area contributed by atoms with E-state index in [2.05, 4.69) is 15.1 Å². The fourth-order valence-electron chi connectivity index (χ4n) is 3.00. The highest BCUT2D eigenvalue weighted by molar-refractivity contribution is 5.88.